The van der Waals surface area contributed by atoms with Crippen LogP contribution in [0.4, 0.5) is 0 Å². The summed E-state index contributed by atoms with van der Waals surface area (Å²) in [6.45, 7) is 4.80. The first-order chi connectivity index (χ1) is 7.79. The van der Waals surface area contributed by atoms with E-state index >= 15 is 0 Å². The molecule has 2 fully saturated rings. The molecule has 0 aromatic heterocycles. The molecule has 2 rings (SSSR count). The minimum absolute atomic E-state index is 0.548. The van der Waals surface area contributed by atoms with Crippen molar-refractivity contribution in [2.75, 3.05) is 39.5 Å². The van der Waals surface area contributed by atoms with Crippen molar-refractivity contribution >= 4 is 0 Å². The number of hydrogen-bond donors (Lipinski definition) is 2. The van der Waals surface area contributed by atoms with Gasteiger partial charge in [0.05, 0.1) is 12.2 Å². The second-order valence-electron chi connectivity index (χ2n) is 5.05. The minimum Gasteiger partial charge on any atom is -0.388 e. The molecule has 0 spiro atoms. The van der Waals surface area contributed by atoms with E-state index in [1.807, 2.05) is 0 Å². The molecule has 2 aliphatic heterocycles. The summed E-state index contributed by atoms with van der Waals surface area (Å²) in [6, 6.07) is 0. The van der Waals surface area contributed by atoms with Gasteiger partial charge in [0.25, 0.3) is 0 Å². The van der Waals surface area contributed by atoms with Crippen LogP contribution >= 0.6 is 0 Å². The summed E-state index contributed by atoms with van der Waals surface area (Å²) >= 11 is 0. The topological polar surface area (TPSA) is 50.7 Å². The molecule has 2 N–H and O–H groups in total. The first kappa shape index (κ1) is 12.3. The van der Waals surface area contributed by atoms with Gasteiger partial charge in [-0.25, -0.2) is 0 Å². The van der Waals surface area contributed by atoms with Crippen molar-refractivity contribution in [1.29, 1.82) is 0 Å². The maximum absolute atomic E-state index is 10.2. The highest BCUT2D eigenvalue weighted by atomic mass is 16.5. The highest BCUT2D eigenvalue weighted by molar-refractivity contribution is 4.83. The van der Waals surface area contributed by atoms with E-state index in [4.69, 9.17) is 9.47 Å². The van der Waals surface area contributed by atoms with Gasteiger partial charge in [-0.3, -0.25) is 0 Å². The third kappa shape index (κ3) is 3.70. The maximum Gasteiger partial charge on any atom is 0.0815 e. The fourth-order valence-corrected chi connectivity index (χ4v) is 2.41. The Morgan fingerprint density at radius 1 is 1.19 bits per heavy atom. The largest absolute Gasteiger partial charge is 0.388 e. The number of aliphatic hydroxyl groups is 1. The molecule has 94 valence electrons. The normalized spacial score (nSPS) is 30.2. The smallest absolute Gasteiger partial charge is 0.0815 e. The van der Waals surface area contributed by atoms with Crippen LogP contribution in [0.15, 0.2) is 0 Å². The van der Waals surface area contributed by atoms with Crippen LogP contribution in [0.25, 0.3) is 0 Å². The van der Waals surface area contributed by atoms with Crippen molar-refractivity contribution in [2.45, 2.75) is 31.3 Å². The first-order valence-corrected chi connectivity index (χ1v) is 6.37. The van der Waals surface area contributed by atoms with E-state index in [1.54, 1.807) is 0 Å². The lowest BCUT2D eigenvalue weighted by Crippen LogP contribution is -2.46. The van der Waals surface area contributed by atoms with Crippen molar-refractivity contribution in [3.05, 3.63) is 0 Å². The second kappa shape index (κ2) is 5.96. The summed E-state index contributed by atoms with van der Waals surface area (Å²) in [6.07, 6.45) is 3.92. The summed E-state index contributed by atoms with van der Waals surface area (Å²) in [4.78, 5) is 0. The zero-order chi connectivity index (χ0) is 11.3. The van der Waals surface area contributed by atoms with Gasteiger partial charge in [-0.15, -0.1) is 0 Å². The van der Waals surface area contributed by atoms with Crippen LogP contribution in [0.1, 0.15) is 25.7 Å². The highest BCUT2D eigenvalue weighted by Gasteiger charge is 2.29. The summed E-state index contributed by atoms with van der Waals surface area (Å²) in [7, 11) is 0. The molecule has 0 aliphatic carbocycles. The lowest BCUT2D eigenvalue weighted by molar-refractivity contribution is -0.0625. The fraction of sp³-hybridized carbons (Fsp3) is 1.00. The molecule has 0 aromatic carbocycles. The Hall–Kier alpha value is -0.160. The van der Waals surface area contributed by atoms with Crippen molar-refractivity contribution in [1.82, 2.24) is 5.32 Å². The van der Waals surface area contributed by atoms with Crippen LogP contribution in [0, 0.1) is 5.92 Å². The molecule has 4 nitrogen and oxygen atoms in total. The van der Waals surface area contributed by atoms with Crippen molar-refractivity contribution in [2.24, 2.45) is 5.92 Å². The molecule has 2 aliphatic rings. The molecule has 0 bridgehead atoms. The molecule has 0 aromatic rings. The Kier molecular flexibility index (Phi) is 4.58. The average Bonchev–Trinajstić information content (AvgIpc) is 2.31. The Morgan fingerprint density at radius 2 is 2.00 bits per heavy atom. The molecule has 2 saturated heterocycles. The van der Waals surface area contributed by atoms with Crippen LogP contribution in [0.2, 0.25) is 0 Å². The number of hydrogen-bond acceptors (Lipinski definition) is 4. The molecule has 0 amide bonds. The van der Waals surface area contributed by atoms with Gasteiger partial charge in [0.2, 0.25) is 0 Å². The lowest BCUT2D eigenvalue weighted by Gasteiger charge is -2.33. The Morgan fingerprint density at radius 3 is 2.69 bits per heavy atom. The van der Waals surface area contributed by atoms with Crippen molar-refractivity contribution in [3.8, 4) is 0 Å². The lowest BCUT2D eigenvalue weighted by atomic mass is 9.94. The first-order valence-electron chi connectivity index (χ1n) is 6.37. The SMILES string of the molecule is OC1(CNCC2CCCOC2)CCOCC1. The van der Waals surface area contributed by atoms with E-state index in [1.165, 1.54) is 12.8 Å². The number of nitrogens with one attached hydrogen (secondary N) is 1. The van der Waals surface area contributed by atoms with Crippen molar-refractivity contribution in [3.63, 3.8) is 0 Å². The molecular weight excluding hydrogens is 206 g/mol. The van der Waals surface area contributed by atoms with Gasteiger partial charge in [-0.1, -0.05) is 0 Å². The predicted octanol–water partition coefficient (Wildman–Crippen LogP) is 0.544. The second-order valence-corrected chi connectivity index (χ2v) is 5.05. The molecule has 0 saturated carbocycles. The Balaban J connectivity index is 1.62. The van der Waals surface area contributed by atoms with Crippen LogP contribution in [0.3, 0.4) is 0 Å². The number of rotatable bonds is 4. The van der Waals surface area contributed by atoms with E-state index in [9.17, 15) is 5.11 Å². The van der Waals surface area contributed by atoms with E-state index in [0.717, 1.165) is 32.6 Å². The third-order valence-electron chi connectivity index (χ3n) is 3.57. The number of ether oxygens (including phenoxy) is 2. The van der Waals surface area contributed by atoms with Crippen molar-refractivity contribution < 1.29 is 14.6 Å². The van der Waals surface area contributed by atoms with Gasteiger partial charge < -0.3 is 19.9 Å². The average molecular weight is 229 g/mol. The third-order valence-corrected chi connectivity index (χ3v) is 3.57. The fourth-order valence-electron chi connectivity index (χ4n) is 2.41. The summed E-state index contributed by atoms with van der Waals surface area (Å²) in [5.41, 5.74) is -0.548. The van der Waals surface area contributed by atoms with Crippen LogP contribution in [-0.2, 0) is 9.47 Å². The van der Waals surface area contributed by atoms with Gasteiger partial charge in [0.15, 0.2) is 0 Å². The van der Waals surface area contributed by atoms with E-state index in [2.05, 4.69) is 5.32 Å². The quantitative estimate of drug-likeness (QED) is 0.739. The summed E-state index contributed by atoms with van der Waals surface area (Å²) < 4.78 is 10.7. The molecule has 4 heteroatoms. The van der Waals surface area contributed by atoms with E-state index in [0.29, 0.717) is 25.7 Å². The van der Waals surface area contributed by atoms with Crippen LogP contribution < -0.4 is 5.32 Å². The van der Waals surface area contributed by atoms with Crippen LogP contribution in [-0.4, -0.2) is 50.2 Å². The predicted molar refractivity (Wildman–Crippen MR) is 61.4 cm³/mol. The molecular formula is C12H23NO3. The standard InChI is InChI=1S/C12H23NO3/c14-12(3-6-15-7-4-12)10-13-8-11-2-1-5-16-9-11/h11,13-14H,1-10H2. The van der Waals surface area contributed by atoms with Gasteiger partial charge in [0.1, 0.15) is 0 Å². The molecule has 2 heterocycles. The Bertz CT molecular complexity index is 198. The summed E-state index contributed by atoms with van der Waals surface area (Å²) in [5.74, 6) is 0.622. The Labute approximate surface area is 97.3 Å². The molecule has 1 atom stereocenters. The van der Waals surface area contributed by atoms with Gasteiger partial charge in [-0.05, 0) is 18.8 Å². The zero-order valence-electron chi connectivity index (χ0n) is 9.91. The van der Waals surface area contributed by atoms with E-state index in [-0.39, 0.29) is 0 Å². The summed E-state index contributed by atoms with van der Waals surface area (Å²) in [5, 5.41) is 13.6. The molecule has 1 unspecified atom stereocenters. The van der Waals surface area contributed by atoms with Gasteiger partial charge >= 0.3 is 0 Å². The van der Waals surface area contributed by atoms with Gasteiger partial charge in [-0.2, -0.15) is 0 Å². The molecule has 16 heavy (non-hydrogen) atoms. The minimum atomic E-state index is -0.548. The maximum atomic E-state index is 10.2. The highest BCUT2D eigenvalue weighted by Crippen LogP contribution is 2.19. The monoisotopic (exact) mass is 229 g/mol. The van der Waals surface area contributed by atoms with Gasteiger partial charge in [0, 0.05) is 45.8 Å². The van der Waals surface area contributed by atoms with Crippen LogP contribution in [0.5, 0.6) is 0 Å². The zero-order valence-corrected chi connectivity index (χ0v) is 9.91. The molecule has 0 radical (unpaired) electrons. The van der Waals surface area contributed by atoms with E-state index < -0.39 is 5.60 Å².